The molecule has 134 valence electrons. The van der Waals surface area contributed by atoms with Gasteiger partial charge in [-0.2, -0.15) is 0 Å². The van der Waals surface area contributed by atoms with Crippen LogP contribution in [0, 0.1) is 0 Å². The zero-order valence-corrected chi connectivity index (χ0v) is 14.6. The van der Waals surface area contributed by atoms with Gasteiger partial charge in [0.2, 0.25) is 5.43 Å². The summed E-state index contributed by atoms with van der Waals surface area (Å²) in [5, 5.41) is 0. The first-order valence-corrected chi connectivity index (χ1v) is 9.06. The molecule has 0 unspecified atom stereocenters. The third kappa shape index (κ3) is 4.59. The lowest BCUT2D eigenvalue weighted by Gasteiger charge is -2.37. The smallest absolute Gasteiger partial charge is 0.223 e. The summed E-state index contributed by atoms with van der Waals surface area (Å²) in [5.74, 6) is 0.376. The molecule has 1 atom stereocenters. The Kier molecular flexibility index (Phi) is 6.29. The van der Waals surface area contributed by atoms with Crippen molar-refractivity contribution in [2.24, 2.45) is 0 Å². The largest absolute Gasteiger partial charge is 0.491 e. The van der Waals surface area contributed by atoms with Gasteiger partial charge >= 0.3 is 0 Å². The van der Waals surface area contributed by atoms with Gasteiger partial charge in [-0.25, -0.2) is 0 Å². The zero-order chi connectivity index (χ0) is 16.8. The van der Waals surface area contributed by atoms with E-state index in [1.165, 1.54) is 32.8 Å². The quantitative estimate of drug-likeness (QED) is 0.853. The maximum Gasteiger partial charge on any atom is 0.223 e. The molecule has 2 aliphatic heterocycles. The van der Waals surface area contributed by atoms with E-state index in [4.69, 9.17) is 9.47 Å². The maximum absolute atomic E-state index is 11.9. The standard InChI is InChI=1S/C18H29N3O3/c1-23-18-13-19-15(12-17(18)22)14-21-6-3-2-4-16(21)5-7-20-8-10-24-11-9-20/h12-13,16H,2-11,14H2,1H3,(H,19,22)/t16-/m1/s1. The number of piperidine rings is 1. The van der Waals surface area contributed by atoms with Crippen molar-refractivity contribution in [3.05, 3.63) is 28.2 Å². The van der Waals surface area contributed by atoms with Crippen LogP contribution in [0.1, 0.15) is 31.4 Å². The summed E-state index contributed by atoms with van der Waals surface area (Å²) in [6.07, 6.45) is 6.67. The van der Waals surface area contributed by atoms with Crippen molar-refractivity contribution in [2.75, 3.05) is 46.5 Å². The van der Waals surface area contributed by atoms with Crippen LogP contribution in [0.25, 0.3) is 0 Å². The Morgan fingerprint density at radius 1 is 1.29 bits per heavy atom. The third-order valence-corrected chi connectivity index (χ3v) is 5.16. The van der Waals surface area contributed by atoms with E-state index in [0.717, 1.165) is 51.6 Å². The van der Waals surface area contributed by atoms with Crippen molar-refractivity contribution in [1.29, 1.82) is 0 Å². The van der Waals surface area contributed by atoms with Gasteiger partial charge < -0.3 is 14.5 Å². The van der Waals surface area contributed by atoms with Crippen LogP contribution in [0.2, 0.25) is 0 Å². The van der Waals surface area contributed by atoms with Crippen LogP contribution in [-0.4, -0.2) is 67.3 Å². The number of likely N-dealkylation sites (tertiary alicyclic amines) is 1. The summed E-state index contributed by atoms with van der Waals surface area (Å²) in [5.41, 5.74) is 0.923. The molecular formula is C18H29N3O3. The lowest BCUT2D eigenvalue weighted by Crippen LogP contribution is -2.43. The molecule has 6 heteroatoms. The molecule has 1 aromatic rings. The predicted octanol–water partition coefficient (Wildman–Crippen LogP) is 1.46. The van der Waals surface area contributed by atoms with E-state index in [1.54, 1.807) is 12.3 Å². The number of nitrogens with one attached hydrogen (secondary N) is 1. The molecule has 3 heterocycles. The summed E-state index contributed by atoms with van der Waals surface area (Å²) < 4.78 is 10.5. The fourth-order valence-corrected chi connectivity index (χ4v) is 3.72. The molecule has 0 aliphatic carbocycles. The molecule has 0 amide bonds. The first-order valence-electron chi connectivity index (χ1n) is 9.06. The highest BCUT2D eigenvalue weighted by molar-refractivity contribution is 5.20. The van der Waals surface area contributed by atoms with Crippen LogP contribution < -0.4 is 10.2 Å². The second-order valence-corrected chi connectivity index (χ2v) is 6.75. The molecule has 0 aromatic carbocycles. The average molecular weight is 335 g/mol. The fourth-order valence-electron chi connectivity index (χ4n) is 3.72. The van der Waals surface area contributed by atoms with Gasteiger partial charge in [-0.05, 0) is 32.4 Å². The molecule has 0 saturated carbocycles. The molecule has 6 nitrogen and oxygen atoms in total. The van der Waals surface area contributed by atoms with Gasteiger partial charge in [0.1, 0.15) is 0 Å². The van der Waals surface area contributed by atoms with Gasteiger partial charge in [0.05, 0.1) is 20.3 Å². The van der Waals surface area contributed by atoms with Gasteiger partial charge in [0.25, 0.3) is 0 Å². The van der Waals surface area contributed by atoms with E-state index in [2.05, 4.69) is 14.8 Å². The van der Waals surface area contributed by atoms with E-state index >= 15 is 0 Å². The Bertz CT molecular complexity index is 569. The van der Waals surface area contributed by atoms with Crippen LogP contribution in [0.4, 0.5) is 0 Å². The summed E-state index contributed by atoms with van der Waals surface area (Å²) >= 11 is 0. The van der Waals surface area contributed by atoms with Crippen LogP contribution in [0.3, 0.4) is 0 Å². The molecule has 3 rings (SSSR count). The lowest BCUT2D eigenvalue weighted by atomic mass is 9.98. The second-order valence-electron chi connectivity index (χ2n) is 6.75. The van der Waals surface area contributed by atoms with Crippen LogP contribution >= 0.6 is 0 Å². The van der Waals surface area contributed by atoms with E-state index < -0.39 is 0 Å². The van der Waals surface area contributed by atoms with Gasteiger partial charge in [-0.15, -0.1) is 0 Å². The number of methoxy groups -OCH3 is 1. The fraction of sp³-hybridized carbons (Fsp3) is 0.722. The third-order valence-electron chi connectivity index (χ3n) is 5.16. The SMILES string of the molecule is COc1c[nH]c(CN2CCCC[C@@H]2CCN2CCOCC2)cc1=O. The van der Waals surface area contributed by atoms with Crippen molar-refractivity contribution >= 4 is 0 Å². The van der Waals surface area contributed by atoms with Crippen molar-refractivity contribution in [2.45, 2.75) is 38.3 Å². The number of aromatic nitrogens is 1. The monoisotopic (exact) mass is 335 g/mol. The number of hydrogen-bond acceptors (Lipinski definition) is 5. The molecule has 2 fully saturated rings. The summed E-state index contributed by atoms with van der Waals surface area (Å²) in [6, 6.07) is 2.28. The van der Waals surface area contributed by atoms with Crippen LogP contribution in [0.15, 0.2) is 17.1 Å². The van der Waals surface area contributed by atoms with Gasteiger partial charge in [-0.1, -0.05) is 6.42 Å². The highest BCUT2D eigenvalue weighted by Gasteiger charge is 2.23. The van der Waals surface area contributed by atoms with Gasteiger partial charge in [0, 0.05) is 43.6 Å². The van der Waals surface area contributed by atoms with Gasteiger partial charge in [-0.3, -0.25) is 14.6 Å². The highest BCUT2D eigenvalue weighted by Crippen LogP contribution is 2.22. The number of nitrogens with zero attached hydrogens (tertiary/aromatic N) is 2. The Labute approximate surface area is 143 Å². The Morgan fingerprint density at radius 2 is 2.12 bits per heavy atom. The number of morpholine rings is 1. The second kappa shape index (κ2) is 8.65. The minimum atomic E-state index is -0.0480. The van der Waals surface area contributed by atoms with E-state index in [0.29, 0.717) is 11.8 Å². The van der Waals surface area contributed by atoms with E-state index in [9.17, 15) is 4.79 Å². The summed E-state index contributed by atoms with van der Waals surface area (Å²) in [7, 11) is 1.52. The number of rotatable bonds is 6. The average Bonchev–Trinajstić information content (AvgIpc) is 2.62. The zero-order valence-electron chi connectivity index (χ0n) is 14.6. The molecule has 0 bridgehead atoms. The molecular weight excluding hydrogens is 306 g/mol. The molecule has 0 spiro atoms. The van der Waals surface area contributed by atoms with Crippen molar-refractivity contribution < 1.29 is 9.47 Å². The minimum Gasteiger partial charge on any atom is -0.491 e. The maximum atomic E-state index is 11.9. The summed E-state index contributed by atoms with van der Waals surface area (Å²) in [6.45, 7) is 6.90. The molecule has 2 aliphatic rings. The predicted molar refractivity (Wildman–Crippen MR) is 93.5 cm³/mol. The normalized spacial score (nSPS) is 23.3. The lowest BCUT2D eigenvalue weighted by molar-refractivity contribution is 0.0301. The first kappa shape index (κ1) is 17.5. The minimum absolute atomic E-state index is 0.0480. The van der Waals surface area contributed by atoms with Crippen molar-refractivity contribution in [3.8, 4) is 5.75 Å². The van der Waals surface area contributed by atoms with Gasteiger partial charge in [0.15, 0.2) is 5.75 Å². The van der Waals surface area contributed by atoms with E-state index in [1.807, 2.05) is 0 Å². The number of pyridine rings is 1. The Balaban J connectivity index is 1.57. The molecule has 24 heavy (non-hydrogen) atoms. The molecule has 1 aromatic heterocycles. The number of hydrogen-bond donors (Lipinski definition) is 1. The van der Waals surface area contributed by atoms with Crippen LogP contribution in [-0.2, 0) is 11.3 Å². The molecule has 1 N–H and O–H groups in total. The summed E-state index contributed by atoms with van der Waals surface area (Å²) in [4.78, 5) is 20.2. The number of ether oxygens (including phenoxy) is 2. The topological polar surface area (TPSA) is 57.8 Å². The molecule has 2 saturated heterocycles. The number of aromatic amines is 1. The van der Waals surface area contributed by atoms with E-state index in [-0.39, 0.29) is 5.43 Å². The first-order chi connectivity index (χ1) is 11.8. The Hall–Kier alpha value is -1.37. The number of H-pyrrole nitrogens is 1. The van der Waals surface area contributed by atoms with Crippen molar-refractivity contribution in [3.63, 3.8) is 0 Å². The van der Waals surface area contributed by atoms with Crippen LogP contribution in [0.5, 0.6) is 5.75 Å². The highest BCUT2D eigenvalue weighted by atomic mass is 16.5. The van der Waals surface area contributed by atoms with Crippen molar-refractivity contribution in [1.82, 2.24) is 14.8 Å². The Morgan fingerprint density at radius 3 is 2.88 bits per heavy atom. The molecule has 0 radical (unpaired) electrons.